The molecule has 2 aromatic carbocycles. The van der Waals surface area contributed by atoms with Gasteiger partial charge in [0, 0.05) is 22.7 Å². The van der Waals surface area contributed by atoms with Crippen LogP contribution in [-0.4, -0.2) is 15.9 Å². The molecule has 1 amide bonds. The summed E-state index contributed by atoms with van der Waals surface area (Å²) in [6.07, 6.45) is -0.0853. The summed E-state index contributed by atoms with van der Waals surface area (Å²) in [7, 11) is 0. The van der Waals surface area contributed by atoms with Crippen molar-refractivity contribution in [2.75, 3.05) is 5.32 Å². The van der Waals surface area contributed by atoms with Gasteiger partial charge in [0.25, 0.3) is 5.56 Å². The van der Waals surface area contributed by atoms with Crippen molar-refractivity contribution in [1.29, 1.82) is 0 Å². The first-order chi connectivity index (χ1) is 13.4. The molecule has 0 spiro atoms. The Labute approximate surface area is 176 Å². The van der Waals surface area contributed by atoms with Crippen LogP contribution < -0.4 is 10.9 Å². The number of halogens is 2. The van der Waals surface area contributed by atoms with Crippen LogP contribution in [0.25, 0.3) is 0 Å². The summed E-state index contributed by atoms with van der Waals surface area (Å²) in [6.45, 7) is 1.73. The fourth-order valence-electron chi connectivity index (χ4n) is 2.53. The number of aryl methyl sites for hydroxylation is 1. The first kappa shape index (κ1) is 20.5. The van der Waals surface area contributed by atoms with Gasteiger partial charge in [0.1, 0.15) is 0 Å². The van der Waals surface area contributed by atoms with Crippen LogP contribution in [-0.2, 0) is 17.0 Å². The summed E-state index contributed by atoms with van der Waals surface area (Å²) in [5, 5.41) is 3.98. The zero-order valence-electron chi connectivity index (χ0n) is 15.0. The van der Waals surface area contributed by atoms with Crippen LogP contribution in [0.2, 0.25) is 10.0 Å². The van der Waals surface area contributed by atoms with Gasteiger partial charge in [-0.15, -0.1) is 0 Å². The number of nitrogens with one attached hydrogen (secondary N) is 2. The molecule has 0 radical (unpaired) electrons. The van der Waals surface area contributed by atoms with E-state index in [0.29, 0.717) is 37.9 Å². The van der Waals surface area contributed by atoms with E-state index in [2.05, 4.69) is 15.3 Å². The van der Waals surface area contributed by atoms with Gasteiger partial charge in [-0.1, -0.05) is 65.3 Å². The van der Waals surface area contributed by atoms with Gasteiger partial charge in [-0.3, -0.25) is 9.59 Å². The number of carbonyl (C=O) groups is 1. The van der Waals surface area contributed by atoms with E-state index in [1.807, 2.05) is 30.3 Å². The molecule has 0 bridgehead atoms. The second-order valence-corrected chi connectivity index (χ2v) is 7.84. The summed E-state index contributed by atoms with van der Waals surface area (Å²) < 4.78 is 0. The van der Waals surface area contributed by atoms with E-state index in [1.54, 1.807) is 25.1 Å². The number of aromatic nitrogens is 2. The number of carbonyl (C=O) groups excluding carboxylic acids is 1. The first-order valence-corrected chi connectivity index (χ1v) is 10.2. The minimum Gasteiger partial charge on any atom is -0.326 e. The number of nitrogens with zero attached hydrogens (tertiary/aromatic N) is 1. The Hall–Kier alpha value is -2.28. The largest absolute Gasteiger partial charge is 0.326 e. The summed E-state index contributed by atoms with van der Waals surface area (Å²) >= 11 is 13.3. The lowest BCUT2D eigenvalue weighted by atomic mass is 10.1. The van der Waals surface area contributed by atoms with Crippen molar-refractivity contribution in [3.8, 4) is 0 Å². The average molecular weight is 434 g/mol. The number of anilines is 1. The molecule has 0 atom stereocenters. The van der Waals surface area contributed by atoms with Crippen LogP contribution in [0.1, 0.15) is 16.8 Å². The summed E-state index contributed by atoms with van der Waals surface area (Å²) in [5.74, 6) is 0.360. The quantitative estimate of drug-likeness (QED) is 0.429. The van der Waals surface area contributed by atoms with Gasteiger partial charge < -0.3 is 10.3 Å². The Balaban J connectivity index is 1.67. The van der Waals surface area contributed by atoms with Crippen LogP contribution in [0.3, 0.4) is 0 Å². The van der Waals surface area contributed by atoms with E-state index in [1.165, 1.54) is 11.8 Å². The molecule has 0 aliphatic carbocycles. The molecular weight excluding hydrogens is 417 g/mol. The predicted octanol–water partition coefficient (Wildman–Crippen LogP) is 4.86. The number of amides is 1. The van der Waals surface area contributed by atoms with E-state index in [9.17, 15) is 9.59 Å². The number of hydrogen-bond donors (Lipinski definition) is 2. The topological polar surface area (TPSA) is 74.8 Å². The third-order valence-corrected chi connectivity index (χ3v) is 5.64. The third kappa shape index (κ3) is 5.38. The van der Waals surface area contributed by atoms with Crippen LogP contribution in [0, 0.1) is 6.92 Å². The Morgan fingerprint density at radius 3 is 2.57 bits per heavy atom. The fourth-order valence-corrected chi connectivity index (χ4v) is 3.69. The highest BCUT2D eigenvalue weighted by Gasteiger charge is 2.14. The first-order valence-electron chi connectivity index (χ1n) is 8.44. The summed E-state index contributed by atoms with van der Waals surface area (Å²) in [5.41, 5.74) is 2.20. The highest BCUT2D eigenvalue weighted by Crippen LogP contribution is 2.25. The molecule has 0 saturated heterocycles. The molecule has 3 rings (SSSR count). The molecule has 2 N–H and O–H groups in total. The van der Waals surface area contributed by atoms with Crippen LogP contribution >= 0.6 is 35.0 Å². The lowest BCUT2D eigenvalue weighted by Crippen LogP contribution is -2.23. The molecule has 144 valence electrons. The number of H-pyrrole nitrogens is 1. The molecule has 0 fully saturated rings. The van der Waals surface area contributed by atoms with Crippen molar-refractivity contribution in [1.82, 2.24) is 9.97 Å². The van der Waals surface area contributed by atoms with Crippen molar-refractivity contribution in [3.63, 3.8) is 0 Å². The molecule has 1 aromatic heterocycles. The molecule has 3 aromatic rings. The van der Waals surface area contributed by atoms with E-state index in [4.69, 9.17) is 23.2 Å². The molecule has 8 heteroatoms. The highest BCUT2D eigenvalue weighted by atomic mass is 35.5. The fraction of sp³-hybridized carbons (Fsp3) is 0.150. The van der Waals surface area contributed by atoms with Gasteiger partial charge >= 0.3 is 0 Å². The normalized spacial score (nSPS) is 10.7. The van der Waals surface area contributed by atoms with E-state index < -0.39 is 0 Å². The van der Waals surface area contributed by atoms with Crippen molar-refractivity contribution >= 4 is 46.6 Å². The third-order valence-electron chi connectivity index (χ3n) is 3.96. The number of aromatic amines is 1. The molecule has 5 nitrogen and oxygen atoms in total. The zero-order chi connectivity index (χ0) is 20.1. The number of rotatable bonds is 6. The summed E-state index contributed by atoms with van der Waals surface area (Å²) in [6, 6.07) is 14.7. The zero-order valence-corrected chi connectivity index (χ0v) is 17.3. The maximum atomic E-state index is 12.4. The lowest BCUT2D eigenvalue weighted by Gasteiger charge is -2.09. The Morgan fingerprint density at radius 2 is 1.89 bits per heavy atom. The second-order valence-electron chi connectivity index (χ2n) is 6.06. The molecule has 28 heavy (non-hydrogen) atoms. The van der Waals surface area contributed by atoms with Gasteiger partial charge in [-0.25, -0.2) is 4.98 Å². The van der Waals surface area contributed by atoms with E-state index >= 15 is 0 Å². The Bertz CT molecular complexity index is 1060. The second kappa shape index (κ2) is 9.28. The Kier molecular flexibility index (Phi) is 6.78. The van der Waals surface area contributed by atoms with Crippen molar-refractivity contribution in [2.45, 2.75) is 24.3 Å². The van der Waals surface area contributed by atoms with Crippen molar-refractivity contribution in [2.24, 2.45) is 0 Å². The van der Waals surface area contributed by atoms with E-state index in [0.717, 1.165) is 5.56 Å². The highest BCUT2D eigenvalue weighted by molar-refractivity contribution is 7.98. The van der Waals surface area contributed by atoms with Crippen LogP contribution in [0.4, 0.5) is 5.69 Å². The maximum absolute atomic E-state index is 12.4. The number of hydrogen-bond acceptors (Lipinski definition) is 4. The van der Waals surface area contributed by atoms with Gasteiger partial charge in [-0.2, -0.15) is 0 Å². The molecule has 0 aliphatic rings. The van der Waals surface area contributed by atoms with Crippen molar-refractivity contribution < 1.29 is 4.79 Å². The standard InChI is InChI=1S/C20H17Cl2N3O2S/c1-12-15(10-18(26)24-14-7-8-16(21)17(22)9-14)19(27)25-20(23-12)28-11-13-5-3-2-4-6-13/h2-9H,10-11H2,1H3,(H,24,26)(H,23,25,27). The molecule has 0 saturated carbocycles. The number of benzene rings is 2. The SMILES string of the molecule is Cc1nc(SCc2ccccc2)[nH]c(=O)c1CC(=O)Nc1ccc(Cl)c(Cl)c1. The molecule has 0 unspecified atom stereocenters. The summed E-state index contributed by atoms with van der Waals surface area (Å²) in [4.78, 5) is 31.9. The van der Waals surface area contributed by atoms with Crippen molar-refractivity contribution in [3.05, 3.63) is 85.8 Å². The van der Waals surface area contributed by atoms with Crippen LogP contribution in [0.5, 0.6) is 0 Å². The predicted molar refractivity (Wildman–Crippen MR) is 114 cm³/mol. The van der Waals surface area contributed by atoms with Gasteiger partial charge in [-0.05, 0) is 30.7 Å². The van der Waals surface area contributed by atoms with E-state index in [-0.39, 0.29) is 17.9 Å². The maximum Gasteiger partial charge on any atom is 0.255 e. The van der Waals surface area contributed by atoms with Gasteiger partial charge in [0.2, 0.25) is 5.91 Å². The minimum atomic E-state index is -0.335. The molecule has 1 heterocycles. The minimum absolute atomic E-state index is 0.0853. The average Bonchev–Trinajstić information content (AvgIpc) is 2.67. The lowest BCUT2D eigenvalue weighted by molar-refractivity contribution is -0.115. The molecule has 0 aliphatic heterocycles. The smallest absolute Gasteiger partial charge is 0.255 e. The monoisotopic (exact) mass is 433 g/mol. The molecular formula is C20H17Cl2N3O2S. The number of thioether (sulfide) groups is 1. The Morgan fingerprint density at radius 1 is 1.14 bits per heavy atom. The van der Waals surface area contributed by atoms with Crippen LogP contribution in [0.15, 0.2) is 58.5 Å². The van der Waals surface area contributed by atoms with Gasteiger partial charge in [0.15, 0.2) is 5.16 Å². The van der Waals surface area contributed by atoms with Gasteiger partial charge in [0.05, 0.1) is 16.5 Å².